The Morgan fingerprint density at radius 1 is 1.40 bits per heavy atom. The van der Waals surface area contributed by atoms with Crippen molar-refractivity contribution < 1.29 is 28.0 Å². The molecule has 136 valence electrons. The van der Waals surface area contributed by atoms with Crippen molar-refractivity contribution in [1.82, 2.24) is 9.62 Å². The molecule has 0 bridgehead atoms. The highest BCUT2D eigenvalue weighted by molar-refractivity contribution is 7.89. The molecule has 0 spiro atoms. The normalized spacial score (nSPS) is 15.4. The Hall–Kier alpha value is -2.50. The van der Waals surface area contributed by atoms with E-state index in [1.165, 1.54) is 0 Å². The van der Waals surface area contributed by atoms with Gasteiger partial charge in [-0.05, 0) is 12.3 Å². The van der Waals surface area contributed by atoms with Crippen LogP contribution in [0, 0.1) is 10.1 Å². The number of carboxylic acids is 1. The molecule has 1 aromatic rings. The first-order valence-electron chi connectivity index (χ1n) is 7.32. The van der Waals surface area contributed by atoms with E-state index in [1.54, 1.807) is 12.3 Å². The summed E-state index contributed by atoms with van der Waals surface area (Å²) >= 11 is 0. The molecule has 0 unspecified atom stereocenters. The monoisotopic (exact) mass is 371 g/mol. The molecule has 1 saturated heterocycles. The van der Waals surface area contributed by atoms with E-state index in [0.717, 1.165) is 18.2 Å². The fraction of sp³-hybridized carbons (Fsp3) is 0.357. The van der Waals surface area contributed by atoms with E-state index in [-0.39, 0.29) is 6.54 Å². The summed E-state index contributed by atoms with van der Waals surface area (Å²) in [7, 11) is -4.22. The number of rotatable bonds is 7. The predicted octanol–water partition coefficient (Wildman–Crippen LogP) is 0.417. The minimum absolute atomic E-state index is 0.0819. The van der Waals surface area contributed by atoms with Gasteiger partial charge in [-0.1, -0.05) is 12.1 Å². The molecule has 0 amide bonds. The van der Waals surface area contributed by atoms with Crippen molar-refractivity contribution in [3.8, 4) is 0 Å². The number of sulfonamides is 1. The molecule has 1 fully saturated rings. The lowest BCUT2D eigenvalue weighted by atomic mass is 10.2. The first-order chi connectivity index (χ1) is 11.8. The van der Waals surface area contributed by atoms with Crippen LogP contribution >= 0.6 is 0 Å². The third-order valence-corrected chi connectivity index (χ3v) is 4.92. The Balaban J connectivity index is 2.16. The van der Waals surface area contributed by atoms with E-state index >= 15 is 0 Å². The molecule has 0 atom stereocenters. The van der Waals surface area contributed by atoms with Gasteiger partial charge in [0.1, 0.15) is 4.90 Å². The summed E-state index contributed by atoms with van der Waals surface area (Å²) in [6.45, 7) is 2.48. The van der Waals surface area contributed by atoms with Gasteiger partial charge in [-0.25, -0.2) is 17.9 Å². The van der Waals surface area contributed by atoms with Gasteiger partial charge in [0, 0.05) is 25.7 Å². The van der Waals surface area contributed by atoms with Gasteiger partial charge in [0.25, 0.3) is 5.69 Å². The summed E-state index contributed by atoms with van der Waals surface area (Å²) in [6, 6.07) is 3.09. The zero-order valence-corrected chi connectivity index (χ0v) is 13.9. The van der Waals surface area contributed by atoms with Gasteiger partial charge in [0.2, 0.25) is 10.0 Å². The van der Waals surface area contributed by atoms with Crippen LogP contribution in [0.4, 0.5) is 5.69 Å². The Bertz CT molecular complexity index is 786. The van der Waals surface area contributed by atoms with Crippen LogP contribution in [0.5, 0.6) is 0 Å². The van der Waals surface area contributed by atoms with Crippen molar-refractivity contribution >= 4 is 21.7 Å². The second-order valence-corrected chi connectivity index (χ2v) is 6.83. The summed E-state index contributed by atoms with van der Waals surface area (Å²) in [5.41, 5.74) is -1.64. The third-order valence-electron chi connectivity index (χ3n) is 3.46. The number of morpholine rings is 1. The fourth-order valence-corrected chi connectivity index (χ4v) is 3.46. The van der Waals surface area contributed by atoms with Crippen LogP contribution < -0.4 is 4.72 Å². The first-order valence-corrected chi connectivity index (χ1v) is 8.80. The molecule has 0 aliphatic carbocycles. The van der Waals surface area contributed by atoms with E-state index in [2.05, 4.69) is 4.72 Å². The average Bonchev–Trinajstić information content (AvgIpc) is 2.59. The molecule has 2 rings (SSSR count). The molecule has 1 aliphatic heterocycles. The molecule has 10 nitrogen and oxygen atoms in total. The maximum atomic E-state index is 12.3. The Morgan fingerprint density at radius 2 is 2.08 bits per heavy atom. The first kappa shape index (κ1) is 18.8. The number of ether oxygens (including phenoxy) is 1. The topological polar surface area (TPSA) is 139 Å². The number of nitrogens with one attached hydrogen (secondary N) is 1. The number of nitrogens with zero attached hydrogens (tertiary/aromatic N) is 2. The Labute approximate surface area is 143 Å². The van der Waals surface area contributed by atoms with Crippen molar-refractivity contribution in [2.45, 2.75) is 4.90 Å². The second kappa shape index (κ2) is 8.05. The van der Waals surface area contributed by atoms with Crippen LogP contribution in [0.15, 0.2) is 35.4 Å². The van der Waals surface area contributed by atoms with E-state index in [9.17, 15) is 28.4 Å². The number of nitro groups is 1. The molecule has 0 saturated carbocycles. The lowest BCUT2D eigenvalue weighted by Crippen LogP contribution is -2.32. The summed E-state index contributed by atoms with van der Waals surface area (Å²) in [5.74, 6) is -1.68. The Morgan fingerprint density at radius 3 is 2.68 bits per heavy atom. The van der Waals surface area contributed by atoms with Gasteiger partial charge < -0.3 is 14.7 Å². The lowest BCUT2D eigenvalue weighted by molar-refractivity contribution is -0.385. The smallest absolute Gasteiger partial charge is 0.344 e. The number of benzene rings is 1. The van der Waals surface area contributed by atoms with Gasteiger partial charge in [-0.3, -0.25) is 10.1 Å². The average molecular weight is 371 g/mol. The number of aromatic carboxylic acids is 1. The predicted molar refractivity (Wildman–Crippen MR) is 86.8 cm³/mol. The lowest BCUT2D eigenvalue weighted by Gasteiger charge is -2.25. The molecule has 1 aromatic carbocycles. The molecule has 2 N–H and O–H groups in total. The van der Waals surface area contributed by atoms with E-state index in [4.69, 9.17) is 4.74 Å². The SMILES string of the molecule is O=C(O)c1c([N+](=O)[O-])cccc1S(=O)(=O)NCC=CN1CCOCC1. The van der Waals surface area contributed by atoms with Gasteiger partial charge in [0.15, 0.2) is 5.56 Å². The van der Waals surface area contributed by atoms with Gasteiger partial charge in [-0.15, -0.1) is 0 Å². The minimum atomic E-state index is -4.22. The highest BCUT2D eigenvalue weighted by Crippen LogP contribution is 2.25. The molecule has 1 heterocycles. The molecular weight excluding hydrogens is 354 g/mol. The maximum Gasteiger partial charge on any atom is 0.344 e. The highest BCUT2D eigenvalue weighted by atomic mass is 32.2. The molecule has 0 radical (unpaired) electrons. The minimum Gasteiger partial charge on any atom is -0.477 e. The number of hydrogen-bond acceptors (Lipinski definition) is 7. The van der Waals surface area contributed by atoms with Crippen LogP contribution in [0.2, 0.25) is 0 Å². The fourth-order valence-electron chi connectivity index (χ4n) is 2.27. The van der Waals surface area contributed by atoms with Crippen LogP contribution in [-0.4, -0.2) is 62.2 Å². The van der Waals surface area contributed by atoms with Crippen molar-refractivity contribution in [3.63, 3.8) is 0 Å². The zero-order chi connectivity index (χ0) is 18.4. The van der Waals surface area contributed by atoms with E-state index in [1.807, 2.05) is 4.90 Å². The van der Waals surface area contributed by atoms with Gasteiger partial charge >= 0.3 is 5.97 Å². The van der Waals surface area contributed by atoms with E-state index < -0.39 is 37.1 Å². The quantitative estimate of drug-likeness (QED) is 0.519. The summed E-state index contributed by atoms with van der Waals surface area (Å²) < 4.78 is 32.0. The van der Waals surface area contributed by atoms with Crippen LogP contribution in [0.25, 0.3) is 0 Å². The molecule has 25 heavy (non-hydrogen) atoms. The summed E-state index contributed by atoms with van der Waals surface area (Å²) in [4.78, 5) is 22.6. The van der Waals surface area contributed by atoms with Crippen molar-refractivity contribution in [3.05, 3.63) is 46.2 Å². The van der Waals surface area contributed by atoms with Gasteiger partial charge in [0.05, 0.1) is 18.1 Å². The molecule has 11 heteroatoms. The number of nitro benzene ring substituents is 1. The number of carboxylic acid groups (broad SMARTS) is 1. The molecule has 0 aromatic heterocycles. The Kier molecular flexibility index (Phi) is 6.07. The number of carbonyl (C=O) groups is 1. The molecule has 1 aliphatic rings. The van der Waals surface area contributed by atoms with E-state index in [0.29, 0.717) is 26.3 Å². The van der Waals surface area contributed by atoms with Crippen LogP contribution in [0.3, 0.4) is 0 Å². The summed E-state index contributed by atoms with van der Waals surface area (Å²) in [6.07, 6.45) is 3.29. The number of hydrogen-bond donors (Lipinski definition) is 2. The summed E-state index contributed by atoms with van der Waals surface area (Å²) in [5, 5.41) is 20.1. The van der Waals surface area contributed by atoms with Crippen molar-refractivity contribution in [2.24, 2.45) is 0 Å². The zero-order valence-electron chi connectivity index (χ0n) is 13.1. The third kappa shape index (κ3) is 4.75. The molecular formula is C14H17N3O7S. The largest absolute Gasteiger partial charge is 0.477 e. The van der Waals surface area contributed by atoms with Gasteiger partial charge in [-0.2, -0.15) is 0 Å². The van der Waals surface area contributed by atoms with Crippen molar-refractivity contribution in [1.29, 1.82) is 0 Å². The van der Waals surface area contributed by atoms with Crippen LogP contribution in [0.1, 0.15) is 10.4 Å². The second-order valence-electron chi connectivity index (χ2n) is 5.10. The standard InChI is InChI=1S/C14H17N3O7S/c18-14(19)13-11(17(20)21)3-1-4-12(13)25(22,23)15-5-2-6-16-7-9-24-10-8-16/h1-4,6,15H,5,7-10H2,(H,18,19). The van der Waals surface area contributed by atoms with Crippen molar-refractivity contribution in [2.75, 3.05) is 32.8 Å². The highest BCUT2D eigenvalue weighted by Gasteiger charge is 2.29. The van der Waals surface area contributed by atoms with Crippen LogP contribution in [-0.2, 0) is 14.8 Å². The maximum absolute atomic E-state index is 12.3.